The molecule has 0 radical (unpaired) electrons. The second-order valence-electron chi connectivity index (χ2n) is 16.7. The van der Waals surface area contributed by atoms with E-state index in [0.29, 0.717) is 51.9 Å². The number of benzene rings is 2. The number of carbonyl (C=O) groups excluding carboxylic acids is 5. The number of ether oxygens (including phenoxy) is 11. The Morgan fingerprint density at radius 2 is 1.22 bits per heavy atom. The van der Waals surface area contributed by atoms with Crippen molar-refractivity contribution in [1.29, 1.82) is 0 Å². The van der Waals surface area contributed by atoms with Gasteiger partial charge in [0, 0.05) is 46.8 Å². The molecule has 0 bridgehead atoms. The van der Waals surface area contributed by atoms with Crippen LogP contribution >= 0.6 is 0 Å². The molecule has 0 saturated carbocycles. The van der Waals surface area contributed by atoms with Crippen molar-refractivity contribution in [2.24, 2.45) is 0 Å². The van der Waals surface area contributed by atoms with Crippen LogP contribution in [0.25, 0.3) is 0 Å². The Hall–Kier alpha value is -4.69. The molecule has 18 nitrogen and oxygen atoms in total. The van der Waals surface area contributed by atoms with Crippen LogP contribution in [0.4, 0.5) is 4.79 Å². The van der Waals surface area contributed by atoms with Gasteiger partial charge in [0.25, 0.3) is 0 Å². The highest BCUT2D eigenvalue weighted by atomic mass is 16.8. The fraction of sp³-hybridized carbons (Fsp3) is 0.660. The number of amides is 2. The van der Waals surface area contributed by atoms with Gasteiger partial charge in [-0.3, -0.25) is 9.59 Å². The van der Waals surface area contributed by atoms with Crippen LogP contribution in [0.1, 0.15) is 115 Å². The first kappa shape index (κ1) is 55.9. The largest absolute Gasteiger partial charge is 0.467 e. The molecule has 4 rings (SSSR count). The van der Waals surface area contributed by atoms with Crippen LogP contribution in [0.5, 0.6) is 0 Å². The van der Waals surface area contributed by atoms with E-state index in [4.69, 9.17) is 52.1 Å². The first-order chi connectivity index (χ1) is 33.0. The van der Waals surface area contributed by atoms with E-state index in [1.54, 1.807) is 30.3 Å². The molecule has 0 spiro atoms. The Bertz CT molecular complexity index is 1770. The average molecular weight is 959 g/mol. The lowest BCUT2D eigenvalue weighted by molar-refractivity contribution is -0.348. The van der Waals surface area contributed by atoms with Gasteiger partial charge in [-0.15, -0.1) is 0 Å². The van der Waals surface area contributed by atoms with Gasteiger partial charge in [0.15, 0.2) is 24.8 Å². The number of rotatable bonds is 30. The van der Waals surface area contributed by atoms with Gasteiger partial charge in [0.1, 0.15) is 49.8 Å². The van der Waals surface area contributed by atoms with Crippen molar-refractivity contribution in [3.8, 4) is 0 Å². The van der Waals surface area contributed by atoms with Crippen molar-refractivity contribution in [2.75, 3.05) is 46.7 Å². The van der Waals surface area contributed by atoms with Gasteiger partial charge in [-0.05, 0) is 49.8 Å². The van der Waals surface area contributed by atoms with Crippen LogP contribution in [0.3, 0.4) is 0 Å². The number of alkyl carbamates (subject to hydrolysis) is 1. The lowest BCUT2D eigenvalue weighted by Crippen LogP contribution is -2.69. The van der Waals surface area contributed by atoms with E-state index in [1.807, 2.05) is 51.1 Å². The Kier molecular flexibility index (Phi) is 25.8. The predicted octanol–water partition coefficient (Wildman–Crippen LogP) is 6.35. The molecule has 2 aliphatic rings. The fourth-order valence-electron chi connectivity index (χ4n) is 7.61. The molecule has 68 heavy (non-hydrogen) atoms. The monoisotopic (exact) mass is 959 g/mol. The zero-order valence-corrected chi connectivity index (χ0v) is 40.6. The SMILES string of the molecule is CCCCOC1C(COC(C)=O)OC(OC2C(C(=O)OC)OC(OCCCCCCNC(=O)OCc3ccccc3)C(OC(=O)c3ccccc3)C2OCCCC)C(NC(C)=O)C1OCCCC. The quantitative estimate of drug-likeness (QED) is 0.0497. The minimum Gasteiger partial charge on any atom is -0.467 e. The van der Waals surface area contributed by atoms with E-state index < -0.39 is 91.3 Å². The minimum absolute atomic E-state index is 0.141. The Labute approximate surface area is 401 Å². The summed E-state index contributed by atoms with van der Waals surface area (Å²) in [7, 11) is 1.20. The third-order valence-corrected chi connectivity index (χ3v) is 11.2. The second kappa shape index (κ2) is 31.4. The molecule has 0 aromatic heterocycles. The Morgan fingerprint density at radius 1 is 0.618 bits per heavy atom. The molecule has 2 aromatic rings. The number of methoxy groups -OCH3 is 1. The van der Waals surface area contributed by atoms with Crippen LogP contribution in [0.2, 0.25) is 0 Å². The third kappa shape index (κ3) is 18.7. The molecule has 2 fully saturated rings. The summed E-state index contributed by atoms with van der Waals surface area (Å²) < 4.78 is 67.8. The summed E-state index contributed by atoms with van der Waals surface area (Å²) in [5.74, 6) is -2.52. The zero-order valence-electron chi connectivity index (χ0n) is 40.6. The average Bonchev–Trinajstić information content (AvgIpc) is 3.33. The number of unbranched alkanes of at least 4 members (excludes halogenated alkanes) is 6. The smallest absolute Gasteiger partial charge is 0.407 e. The van der Waals surface area contributed by atoms with Crippen molar-refractivity contribution in [3.05, 3.63) is 71.8 Å². The van der Waals surface area contributed by atoms with Gasteiger partial charge < -0.3 is 62.7 Å². The van der Waals surface area contributed by atoms with Gasteiger partial charge in [-0.2, -0.15) is 0 Å². The molecule has 2 amide bonds. The number of hydrogen-bond acceptors (Lipinski definition) is 16. The topological polar surface area (TPSA) is 211 Å². The van der Waals surface area contributed by atoms with Gasteiger partial charge in [-0.25, -0.2) is 14.4 Å². The summed E-state index contributed by atoms with van der Waals surface area (Å²) in [6, 6.07) is 16.8. The molecule has 0 aliphatic carbocycles. The molecular formula is C50H74N2O16. The third-order valence-electron chi connectivity index (χ3n) is 11.2. The molecule has 18 heteroatoms. The van der Waals surface area contributed by atoms with Crippen LogP contribution < -0.4 is 10.6 Å². The van der Waals surface area contributed by atoms with Crippen LogP contribution in [0.15, 0.2) is 60.7 Å². The van der Waals surface area contributed by atoms with Crippen molar-refractivity contribution >= 4 is 29.9 Å². The predicted molar refractivity (Wildman–Crippen MR) is 247 cm³/mol. The van der Waals surface area contributed by atoms with E-state index >= 15 is 0 Å². The number of esters is 3. The van der Waals surface area contributed by atoms with Crippen LogP contribution in [-0.2, 0) is 73.1 Å². The first-order valence-corrected chi connectivity index (χ1v) is 24.1. The van der Waals surface area contributed by atoms with E-state index in [2.05, 4.69) is 10.6 Å². The first-order valence-electron chi connectivity index (χ1n) is 24.1. The maximum atomic E-state index is 13.9. The van der Waals surface area contributed by atoms with Gasteiger partial charge in [0.2, 0.25) is 5.91 Å². The van der Waals surface area contributed by atoms with Crippen LogP contribution in [0, 0.1) is 0 Å². The van der Waals surface area contributed by atoms with Crippen molar-refractivity contribution in [3.63, 3.8) is 0 Å². The summed E-state index contributed by atoms with van der Waals surface area (Å²) >= 11 is 0. The fourth-order valence-corrected chi connectivity index (χ4v) is 7.61. The number of nitrogens with one attached hydrogen (secondary N) is 2. The van der Waals surface area contributed by atoms with E-state index in [0.717, 1.165) is 37.7 Å². The second-order valence-corrected chi connectivity index (χ2v) is 16.7. The van der Waals surface area contributed by atoms with E-state index in [9.17, 15) is 24.0 Å². The van der Waals surface area contributed by atoms with Crippen LogP contribution in [-0.4, -0.2) is 138 Å². The number of hydrogen-bond donors (Lipinski definition) is 2. The van der Waals surface area contributed by atoms with Crippen molar-refractivity contribution in [1.82, 2.24) is 10.6 Å². The van der Waals surface area contributed by atoms with E-state index in [-0.39, 0.29) is 32.0 Å². The molecule has 10 unspecified atom stereocenters. The summed E-state index contributed by atoms with van der Waals surface area (Å²) in [6.07, 6.45) is -4.19. The summed E-state index contributed by atoms with van der Waals surface area (Å²) in [6.45, 7) is 9.95. The molecule has 2 N–H and O–H groups in total. The highest BCUT2D eigenvalue weighted by Gasteiger charge is 2.57. The lowest BCUT2D eigenvalue weighted by atomic mass is 9.94. The summed E-state index contributed by atoms with van der Waals surface area (Å²) in [5.41, 5.74) is 1.14. The highest BCUT2D eigenvalue weighted by Crippen LogP contribution is 2.35. The van der Waals surface area contributed by atoms with Gasteiger partial charge in [-0.1, -0.05) is 101 Å². The summed E-state index contributed by atoms with van der Waals surface area (Å²) in [5, 5.41) is 5.71. The van der Waals surface area contributed by atoms with Crippen molar-refractivity contribution in [2.45, 2.75) is 167 Å². The molecule has 2 aromatic carbocycles. The molecule has 10 atom stereocenters. The maximum Gasteiger partial charge on any atom is 0.407 e. The minimum atomic E-state index is -1.53. The molecule has 2 heterocycles. The standard InChI is InChI=1S/C50H74N2O16/c1-7-10-28-59-40-38(33-63-35(5)54)65-48(39(52-34(4)53)41(40)60-29-11-8-2)67-43-42(61-30-12-9-3)45(66-46(55)37-25-19-16-20-26-37)49(68-44(43)47(56)58-6)62-31-22-14-13-21-27-51-50(57)64-32-36-23-17-15-18-24-36/h15-20,23-26,38-45,48-49H,7-14,21-22,27-33H2,1-6H3,(H,51,57)(H,52,53). The van der Waals surface area contributed by atoms with Crippen molar-refractivity contribution < 1.29 is 76.1 Å². The zero-order chi connectivity index (χ0) is 49.1. The van der Waals surface area contributed by atoms with E-state index in [1.165, 1.54) is 21.0 Å². The molecule has 2 saturated heterocycles. The maximum absolute atomic E-state index is 13.9. The lowest BCUT2D eigenvalue weighted by Gasteiger charge is -2.49. The Morgan fingerprint density at radius 3 is 1.84 bits per heavy atom. The molecule has 380 valence electrons. The molecular weight excluding hydrogens is 885 g/mol. The Balaban J connectivity index is 1.61. The van der Waals surface area contributed by atoms with Gasteiger partial charge >= 0.3 is 24.0 Å². The normalized spacial score (nSPS) is 24.6. The highest BCUT2D eigenvalue weighted by molar-refractivity contribution is 5.89. The molecule has 2 aliphatic heterocycles. The number of carbonyl (C=O) groups is 5. The summed E-state index contributed by atoms with van der Waals surface area (Å²) in [4.78, 5) is 65.1. The van der Waals surface area contributed by atoms with Gasteiger partial charge in [0.05, 0.1) is 12.7 Å².